The number of halogens is 2. The Hall–Kier alpha value is -5.01. The number of hydrogen-bond donors (Lipinski definition) is 3. The summed E-state index contributed by atoms with van der Waals surface area (Å²) in [4.78, 5) is 45.2. The summed E-state index contributed by atoms with van der Waals surface area (Å²) in [6.07, 6.45) is 1.51. The SMILES string of the molecule is COc1cc(/C=C(/NC(=O)c2ccccc2)C(=O)Nc2cccc(SC(C)C(=O)Nc3nc(-c4ccc(Cl)c(Cl)c4)cs3)c2)cc(OC)c1OC. The van der Waals surface area contributed by atoms with Gasteiger partial charge in [-0.3, -0.25) is 14.4 Å². The number of anilines is 2. The van der Waals surface area contributed by atoms with Gasteiger partial charge >= 0.3 is 0 Å². The number of methoxy groups -OCH3 is 3. The second-order valence-electron chi connectivity index (χ2n) is 10.7. The van der Waals surface area contributed by atoms with Gasteiger partial charge in [-0.05, 0) is 73.2 Å². The maximum atomic E-state index is 13.7. The molecule has 3 amide bonds. The fourth-order valence-electron chi connectivity index (χ4n) is 4.72. The van der Waals surface area contributed by atoms with Crippen molar-refractivity contribution >= 4 is 80.9 Å². The molecule has 10 nitrogen and oxygen atoms in total. The first-order valence-corrected chi connectivity index (χ1v) is 17.8. The molecule has 0 saturated heterocycles. The first kappa shape index (κ1) is 37.3. The molecule has 5 aromatic rings. The van der Waals surface area contributed by atoms with Gasteiger partial charge in [-0.1, -0.05) is 53.5 Å². The average Bonchev–Trinajstić information content (AvgIpc) is 3.60. The number of carbonyl (C=O) groups is 3. The molecular formula is C37H32Cl2N4O6S2. The summed E-state index contributed by atoms with van der Waals surface area (Å²) in [6.45, 7) is 1.77. The van der Waals surface area contributed by atoms with Crippen molar-refractivity contribution in [3.05, 3.63) is 117 Å². The summed E-state index contributed by atoms with van der Waals surface area (Å²) >= 11 is 14.8. The fraction of sp³-hybridized carbons (Fsp3) is 0.135. The molecule has 14 heteroatoms. The van der Waals surface area contributed by atoms with Gasteiger partial charge in [0.2, 0.25) is 11.7 Å². The number of nitrogens with one attached hydrogen (secondary N) is 3. The Balaban J connectivity index is 1.31. The van der Waals surface area contributed by atoms with Gasteiger partial charge in [-0.15, -0.1) is 23.1 Å². The maximum absolute atomic E-state index is 13.7. The molecule has 0 saturated carbocycles. The summed E-state index contributed by atoms with van der Waals surface area (Å²) in [5.74, 6) is -0.165. The molecule has 1 heterocycles. The summed E-state index contributed by atoms with van der Waals surface area (Å²) in [5, 5.41) is 11.1. The molecule has 0 fully saturated rings. The van der Waals surface area contributed by atoms with Crippen molar-refractivity contribution in [2.75, 3.05) is 32.0 Å². The largest absolute Gasteiger partial charge is 0.493 e. The van der Waals surface area contributed by atoms with Gasteiger partial charge in [0.1, 0.15) is 5.70 Å². The van der Waals surface area contributed by atoms with Crippen LogP contribution >= 0.6 is 46.3 Å². The lowest BCUT2D eigenvalue weighted by Crippen LogP contribution is -2.30. The molecule has 3 N–H and O–H groups in total. The Morgan fingerprint density at radius 1 is 0.843 bits per heavy atom. The number of aromatic nitrogens is 1. The molecule has 262 valence electrons. The first-order chi connectivity index (χ1) is 24.6. The highest BCUT2D eigenvalue weighted by Crippen LogP contribution is 2.39. The lowest BCUT2D eigenvalue weighted by Gasteiger charge is -2.15. The standard InChI is InChI=1S/C37H32Cl2N4O6S2/c1-21(34(44)43-37-42-30(20-50-37)24-13-14-27(38)28(39)18-24)51-26-12-8-11-25(19-26)40-36(46)29(41-35(45)23-9-6-5-7-10-23)15-22-16-31(47-2)33(49-4)32(17-22)48-3/h5-21H,1-4H3,(H,40,46)(H,41,45)(H,42,43,44)/b29-15+. The number of ether oxygens (including phenoxy) is 3. The second-order valence-corrected chi connectivity index (χ2v) is 13.8. The molecule has 4 aromatic carbocycles. The van der Waals surface area contributed by atoms with Crippen LogP contribution in [0.3, 0.4) is 0 Å². The molecule has 0 aliphatic heterocycles. The van der Waals surface area contributed by atoms with Crippen molar-refractivity contribution in [1.29, 1.82) is 0 Å². The van der Waals surface area contributed by atoms with E-state index in [0.29, 0.717) is 54.9 Å². The Labute approximate surface area is 313 Å². The summed E-state index contributed by atoms with van der Waals surface area (Å²) in [6, 6.07) is 24.1. The predicted molar refractivity (Wildman–Crippen MR) is 205 cm³/mol. The van der Waals surface area contributed by atoms with Gasteiger partial charge < -0.3 is 30.2 Å². The lowest BCUT2D eigenvalue weighted by molar-refractivity contribution is -0.115. The zero-order chi connectivity index (χ0) is 36.5. The van der Waals surface area contributed by atoms with E-state index in [-0.39, 0.29) is 11.6 Å². The van der Waals surface area contributed by atoms with Gasteiger partial charge in [0.25, 0.3) is 11.8 Å². The van der Waals surface area contributed by atoms with E-state index in [1.165, 1.54) is 50.5 Å². The molecule has 0 aliphatic carbocycles. The minimum Gasteiger partial charge on any atom is -0.493 e. The zero-order valence-electron chi connectivity index (χ0n) is 27.8. The number of rotatable bonds is 13. The molecule has 1 unspecified atom stereocenters. The van der Waals surface area contributed by atoms with E-state index in [4.69, 9.17) is 37.4 Å². The van der Waals surface area contributed by atoms with Crippen molar-refractivity contribution in [1.82, 2.24) is 10.3 Å². The monoisotopic (exact) mass is 762 g/mol. The summed E-state index contributed by atoms with van der Waals surface area (Å²) in [5.41, 5.74) is 2.74. The van der Waals surface area contributed by atoms with Crippen molar-refractivity contribution in [2.24, 2.45) is 0 Å². The number of nitrogens with zero attached hydrogens (tertiary/aromatic N) is 1. The Kier molecular flexibility index (Phi) is 12.6. The number of amides is 3. The number of thioether (sulfide) groups is 1. The van der Waals surface area contributed by atoms with E-state index in [9.17, 15) is 14.4 Å². The average molecular weight is 764 g/mol. The van der Waals surface area contributed by atoms with Crippen molar-refractivity contribution in [2.45, 2.75) is 17.1 Å². The summed E-state index contributed by atoms with van der Waals surface area (Å²) in [7, 11) is 4.46. The van der Waals surface area contributed by atoms with Crippen molar-refractivity contribution in [3.8, 4) is 28.5 Å². The first-order valence-electron chi connectivity index (χ1n) is 15.3. The zero-order valence-corrected chi connectivity index (χ0v) is 30.9. The van der Waals surface area contributed by atoms with Gasteiger partial charge in [-0.2, -0.15) is 0 Å². The molecule has 1 atom stereocenters. The van der Waals surface area contributed by atoms with E-state index in [1.54, 1.807) is 79.7 Å². The smallest absolute Gasteiger partial charge is 0.272 e. The number of hydrogen-bond acceptors (Lipinski definition) is 9. The van der Waals surface area contributed by atoms with E-state index >= 15 is 0 Å². The van der Waals surface area contributed by atoms with E-state index in [1.807, 2.05) is 17.5 Å². The van der Waals surface area contributed by atoms with E-state index in [2.05, 4.69) is 20.9 Å². The van der Waals surface area contributed by atoms with Crippen LogP contribution in [-0.2, 0) is 9.59 Å². The number of thiazole rings is 1. The topological polar surface area (TPSA) is 128 Å². The normalized spacial score (nSPS) is 11.7. The van der Waals surface area contributed by atoms with Crippen LogP contribution in [0.15, 0.2) is 101 Å². The highest BCUT2D eigenvalue weighted by atomic mass is 35.5. The fourth-order valence-corrected chi connectivity index (χ4v) is 6.67. The van der Waals surface area contributed by atoms with Gasteiger partial charge in [0, 0.05) is 27.1 Å². The summed E-state index contributed by atoms with van der Waals surface area (Å²) < 4.78 is 16.3. The number of benzene rings is 4. The third-order valence-electron chi connectivity index (χ3n) is 7.25. The van der Waals surface area contributed by atoms with Crippen LogP contribution in [0.5, 0.6) is 17.2 Å². The quantitative estimate of drug-likeness (QED) is 0.0804. The third kappa shape index (κ3) is 9.62. The maximum Gasteiger partial charge on any atom is 0.272 e. The Morgan fingerprint density at radius 3 is 2.24 bits per heavy atom. The second kappa shape index (κ2) is 17.3. The van der Waals surface area contributed by atoms with Crippen LogP contribution in [0.1, 0.15) is 22.8 Å². The highest BCUT2D eigenvalue weighted by Gasteiger charge is 2.20. The van der Waals surface area contributed by atoms with Crippen molar-refractivity contribution in [3.63, 3.8) is 0 Å². The molecule has 0 aliphatic rings. The van der Waals surface area contributed by atoms with Crippen LogP contribution < -0.4 is 30.2 Å². The third-order valence-corrected chi connectivity index (χ3v) is 9.84. The highest BCUT2D eigenvalue weighted by molar-refractivity contribution is 8.00. The van der Waals surface area contributed by atoms with Gasteiger partial charge in [0.05, 0.1) is 42.3 Å². The minimum absolute atomic E-state index is 0.0346. The van der Waals surface area contributed by atoms with Crippen molar-refractivity contribution < 1.29 is 28.6 Å². The Morgan fingerprint density at radius 2 is 1.57 bits per heavy atom. The predicted octanol–water partition coefficient (Wildman–Crippen LogP) is 8.67. The van der Waals surface area contributed by atoms with Crippen LogP contribution in [0.4, 0.5) is 10.8 Å². The molecular weight excluding hydrogens is 731 g/mol. The van der Waals surface area contributed by atoms with Crippen LogP contribution in [0.2, 0.25) is 10.0 Å². The minimum atomic E-state index is -0.581. The van der Waals surface area contributed by atoms with E-state index < -0.39 is 17.1 Å². The molecule has 51 heavy (non-hydrogen) atoms. The molecule has 5 rings (SSSR count). The molecule has 1 aromatic heterocycles. The van der Waals surface area contributed by atoms with Crippen LogP contribution in [-0.4, -0.2) is 49.3 Å². The van der Waals surface area contributed by atoms with Gasteiger partial charge in [0.15, 0.2) is 16.6 Å². The van der Waals surface area contributed by atoms with Gasteiger partial charge in [-0.25, -0.2) is 4.98 Å². The van der Waals surface area contributed by atoms with E-state index in [0.717, 1.165) is 10.5 Å². The lowest BCUT2D eigenvalue weighted by atomic mass is 10.1. The van der Waals surface area contributed by atoms with Crippen LogP contribution in [0, 0.1) is 0 Å². The Bertz CT molecular complexity index is 2070. The molecule has 0 radical (unpaired) electrons. The molecule has 0 bridgehead atoms. The molecule has 0 spiro atoms. The number of carbonyl (C=O) groups excluding carboxylic acids is 3. The van der Waals surface area contributed by atoms with Crippen LogP contribution in [0.25, 0.3) is 17.3 Å².